The van der Waals surface area contributed by atoms with Crippen molar-refractivity contribution in [3.8, 4) is 11.3 Å². The van der Waals surface area contributed by atoms with Crippen molar-refractivity contribution in [2.75, 3.05) is 18.0 Å². The first-order valence-electron chi connectivity index (χ1n) is 9.23. The number of piperidine rings is 1. The highest BCUT2D eigenvalue weighted by Gasteiger charge is 2.14. The van der Waals surface area contributed by atoms with E-state index in [2.05, 4.69) is 34.1 Å². The maximum Gasteiger partial charge on any atom is 0.193 e. The van der Waals surface area contributed by atoms with E-state index < -0.39 is 0 Å². The minimum Gasteiger partial charge on any atom is -0.372 e. The molecule has 4 heteroatoms. The van der Waals surface area contributed by atoms with Gasteiger partial charge in [-0.1, -0.05) is 12.1 Å². The van der Waals surface area contributed by atoms with Crippen LogP contribution in [0.2, 0.25) is 0 Å². The molecular formula is C22H23FN2O. The van der Waals surface area contributed by atoms with Crippen LogP contribution in [0, 0.1) is 19.7 Å². The van der Waals surface area contributed by atoms with Crippen LogP contribution in [-0.4, -0.2) is 18.1 Å². The third-order valence-corrected chi connectivity index (χ3v) is 5.40. The number of H-pyrrole nitrogens is 1. The van der Waals surface area contributed by atoms with E-state index in [4.69, 9.17) is 0 Å². The normalized spacial score (nSPS) is 14.8. The molecule has 3 nitrogen and oxygen atoms in total. The number of aromatic nitrogens is 1. The van der Waals surface area contributed by atoms with Crippen molar-refractivity contribution in [1.29, 1.82) is 0 Å². The van der Waals surface area contributed by atoms with Crippen LogP contribution in [0.25, 0.3) is 22.2 Å². The average Bonchev–Trinajstić information content (AvgIpc) is 2.67. The topological polar surface area (TPSA) is 36.1 Å². The number of rotatable bonds is 2. The third kappa shape index (κ3) is 2.90. The Kier molecular flexibility index (Phi) is 4.27. The standard InChI is InChI=1S/C22H23FN2O/c1-14-12-20-18(13-19(14)23)22(26)15(2)21(24-20)16-6-8-17(9-7-16)25-10-4-3-5-11-25/h6-9,12-13H,3-5,10-11H2,1-2H3,(H,24,26). The highest BCUT2D eigenvalue weighted by atomic mass is 19.1. The van der Waals surface area contributed by atoms with Gasteiger partial charge in [-0.05, 0) is 68.5 Å². The van der Waals surface area contributed by atoms with Gasteiger partial charge in [0.2, 0.25) is 0 Å². The van der Waals surface area contributed by atoms with Crippen LogP contribution in [0.4, 0.5) is 10.1 Å². The van der Waals surface area contributed by atoms with Gasteiger partial charge < -0.3 is 9.88 Å². The van der Waals surface area contributed by atoms with Gasteiger partial charge in [-0.25, -0.2) is 4.39 Å². The van der Waals surface area contributed by atoms with Crippen molar-refractivity contribution in [3.05, 3.63) is 63.6 Å². The molecule has 1 fully saturated rings. The van der Waals surface area contributed by atoms with E-state index in [1.807, 2.05) is 0 Å². The fraction of sp³-hybridized carbons (Fsp3) is 0.318. The fourth-order valence-corrected chi connectivity index (χ4v) is 3.80. The number of nitrogens with one attached hydrogen (secondary N) is 1. The second kappa shape index (κ2) is 6.60. The fourth-order valence-electron chi connectivity index (χ4n) is 3.80. The minimum atomic E-state index is -0.346. The van der Waals surface area contributed by atoms with E-state index >= 15 is 0 Å². The average molecular weight is 350 g/mol. The summed E-state index contributed by atoms with van der Waals surface area (Å²) in [5, 5.41) is 0.402. The summed E-state index contributed by atoms with van der Waals surface area (Å²) in [4.78, 5) is 18.5. The molecular weight excluding hydrogens is 327 g/mol. The Labute approximate surface area is 152 Å². The molecule has 2 heterocycles. The smallest absolute Gasteiger partial charge is 0.193 e. The Balaban J connectivity index is 1.77. The second-order valence-corrected chi connectivity index (χ2v) is 7.20. The number of hydrogen-bond acceptors (Lipinski definition) is 2. The summed E-state index contributed by atoms with van der Waals surface area (Å²) in [6.45, 7) is 5.72. The summed E-state index contributed by atoms with van der Waals surface area (Å²) in [6.07, 6.45) is 3.80. The molecule has 26 heavy (non-hydrogen) atoms. The molecule has 1 saturated heterocycles. The molecule has 1 aliphatic rings. The van der Waals surface area contributed by atoms with Crippen molar-refractivity contribution >= 4 is 16.6 Å². The summed E-state index contributed by atoms with van der Waals surface area (Å²) in [6, 6.07) is 11.4. The number of aromatic amines is 1. The number of fused-ring (bicyclic) bond motifs is 1. The number of pyridine rings is 1. The lowest BCUT2D eigenvalue weighted by molar-refractivity contribution is 0.578. The molecule has 0 unspecified atom stereocenters. The molecule has 0 spiro atoms. The van der Waals surface area contributed by atoms with E-state index in [-0.39, 0.29) is 11.2 Å². The summed E-state index contributed by atoms with van der Waals surface area (Å²) >= 11 is 0. The van der Waals surface area contributed by atoms with E-state index in [1.54, 1.807) is 19.9 Å². The largest absolute Gasteiger partial charge is 0.372 e. The van der Waals surface area contributed by atoms with E-state index in [0.29, 0.717) is 22.0 Å². The molecule has 134 valence electrons. The summed E-state index contributed by atoms with van der Waals surface area (Å²) in [5.74, 6) is -0.346. The van der Waals surface area contributed by atoms with E-state index in [0.717, 1.165) is 24.3 Å². The van der Waals surface area contributed by atoms with Crippen molar-refractivity contribution in [2.45, 2.75) is 33.1 Å². The molecule has 2 aromatic carbocycles. The molecule has 4 rings (SSSR count). The Morgan fingerprint density at radius 2 is 1.69 bits per heavy atom. The highest BCUT2D eigenvalue weighted by Crippen LogP contribution is 2.27. The number of nitrogens with zero attached hydrogens (tertiary/aromatic N) is 1. The monoisotopic (exact) mass is 350 g/mol. The highest BCUT2D eigenvalue weighted by molar-refractivity contribution is 5.84. The third-order valence-electron chi connectivity index (χ3n) is 5.40. The Bertz CT molecular complexity index is 1010. The number of halogens is 1. The van der Waals surface area contributed by atoms with Gasteiger partial charge in [0.15, 0.2) is 5.43 Å². The minimum absolute atomic E-state index is 0.118. The number of benzene rings is 2. The van der Waals surface area contributed by atoms with Crippen molar-refractivity contribution in [1.82, 2.24) is 4.98 Å². The molecule has 0 radical (unpaired) electrons. The first-order valence-corrected chi connectivity index (χ1v) is 9.23. The van der Waals surface area contributed by atoms with E-state index in [1.165, 1.54) is 31.0 Å². The summed E-state index contributed by atoms with van der Waals surface area (Å²) in [7, 11) is 0. The summed E-state index contributed by atoms with van der Waals surface area (Å²) < 4.78 is 13.8. The zero-order valence-corrected chi connectivity index (χ0v) is 15.2. The van der Waals surface area contributed by atoms with Gasteiger partial charge in [-0.3, -0.25) is 4.79 Å². The van der Waals surface area contributed by atoms with Crippen LogP contribution in [-0.2, 0) is 0 Å². The lowest BCUT2D eigenvalue weighted by Crippen LogP contribution is -2.29. The number of aryl methyl sites for hydroxylation is 1. The maximum absolute atomic E-state index is 13.8. The van der Waals surface area contributed by atoms with Crippen molar-refractivity contribution in [2.24, 2.45) is 0 Å². The molecule has 0 bridgehead atoms. The van der Waals surface area contributed by atoms with Gasteiger partial charge in [0, 0.05) is 29.7 Å². The van der Waals surface area contributed by atoms with Gasteiger partial charge >= 0.3 is 0 Å². The molecule has 1 aromatic heterocycles. The van der Waals surface area contributed by atoms with Gasteiger partial charge in [-0.2, -0.15) is 0 Å². The van der Waals surface area contributed by atoms with Crippen molar-refractivity contribution < 1.29 is 4.39 Å². The van der Waals surface area contributed by atoms with Crippen LogP contribution in [0.5, 0.6) is 0 Å². The van der Waals surface area contributed by atoms with Crippen LogP contribution in [0.3, 0.4) is 0 Å². The predicted molar refractivity (Wildman–Crippen MR) is 106 cm³/mol. The predicted octanol–water partition coefficient (Wildman–Crippen LogP) is 4.94. The molecule has 3 aromatic rings. The molecule has 1 N–H and O–H groups in total. The lowest BCUT2D eigenvalue weighted by atomic mass is 10.0. The first kappa shape index (κ1) is 16.8. The quantitative estimate of drug-likeness (QED) is 0.710. The molecule has 0 atom stereocenters. The first-order chi connectivity index (χ1) is 12.5. The van der Waals surface area contributed by atoms with Gasteiger partial charge in [-0.15, -0.1) is 0 Å². The Morgan fingerprint density at radius 1 is 1.00 bits per heavy atom. The summed E-state index contributed by atoms with van der Waals surface area (Å²) in [5.41, 5.74) is 4.72. The number of anilines is 1. The van der Waals surface area contributed by atoms with Gasteiger partial charge in [0.05, 0.1) is 11.2 Å². The van der Waals surface area contributed by atoms with Crippen molar-refractivity contribution in [3.63, 3.8) is 0 Å². The molecule has 0 amide bonds. The zero-order chi connectivity index (χ0) is 18.3. The molecule has 0 saturated carbocycles. The SMILES string of the molecule is Cc1cc2[nH]c(-c3ccc(N4CCCCC4)cc3)c(C)c(=O)c2cc1F. The van der Waals surface area contributed by atoms with Crippen LogP contribution < -0.4 is 10.3 Å². The Hall–Kier alpha value is -2.62. The number of hydrogen-bond donors (Lipinski definition) is 1. The van der Waals surface area contributed by atoms with E-state index in [9.17, 15) is 9.18 Å². The second-order valence-electron chi connectivity index (χ2n) is 7.20. The lowest BCUT2D eigenvalue weighted by Gasteiger charge is -2.28. The Morgan fingerprint density at radius 3 is 2.38 bits per heavy atom. The van der Waals surface area contributed by atoms with Crippen LogP contribution in [0.1, 0.15) is 30.4 Å². The van der Waals surface area contributed by atoms with Crippen LogP contribution in [0.15, 0.2) is 41.2 Å². The van der Waals surface area contributed by atoms with Crippen LogP contribution >= 0.6 is 0 Å². The molecule has 1 aliphatic heterocycles. The van der Waals surface area contributed by atoms with Gasteiger partial charge in [0.1, 0.15) is 5.82 Å². The maximum atomic E-state index is 13.8. The molecule has 0 aliphatic carbocycles. The van der Waals surface area contributed by atoms with Gasteiger partial charge in [0.25, 0.3) is 0 Å². The zero-order valence-electron chi connectivity index (χ0n) is 15.2.